The summed E-state index contributed by atoms with van der Waals surface area (Å²) in [6.45, 7) is 0. The fourth-order valence-corrected chi connectivity index (χ4v) is 1.77. The van der Waals surface area contributed by atoms with Gasteiger partial charge in [-0.15, -0.1) is 0 Å². The second-order valence-corrected chi connectivity index (χ2v) is 3.87. The number of ether oxygens (including phenoxy) is 1. The van der Waals surface area contributed by atoms with Gasteiger partial charge in [0.05, 0.1) is 11.7 Å². The molecule has 0 bridgehead atoms. The van der Waals surface area contributed by atoms with Gasteiger partial charge in [-0.05, 0) is 43.9 Å². The Morgan fingerprint density at radius 2 is 2.06 bits per heavy atom. The summed E-state index contributed by atoms with van der Waals surface area (Å²) < 4.78 is 42.7. The summed E-state index contributed by atoms with van der Waals surface area (Å²) in [5, 5.41) is 0. The van der Waals surface area contributed by atoms with Crippen molar-refractivity contribution in [3.05, 3.63) is 36.2 Å². The molecule has 1 saturated carbocycles. The maximum atomic E-state index is 12.4. The Kier molecular flexibility index (Phi) is 3.08. The lowest BCUT2D eigenvalue weighted by Crippen LogP contribution is -2.12. The molecule has 1 nitrogen and oxygen atoms in total. The van der Waals surface area contributed by atoms with Crippen molar-refractivity contribution in [2.45, 2.75) is 31.5 Å². The van der Waals surface area contributed by atoms with Gasteiger partial charge in [0.25, 0.3) is 0 Å². The number of halogens is 3. The third kappa shape index (κ3) is 2.68. The number of alkyl halides is 3. The third-order valence-corrected chi connectivity index (χ3v) is 2.59. The zero-order valence-electron chi connectivity index (χ0n) is 8.63. The predicted molar refractivity (Wildman–Crippen MR) is 54.0 cm³/mol. The van der Waals surface area contributed by atoms with Crippen LogP contribution in [0.2, 0.25) is 0 Å². The van der Waals surface area contributed by atoms with E-state index in [1.54, 1.807) is 6.07 Å². The number of rotatable bonds is 2. The van der Waals surface area contributed by atoms with Crippen LogP contribution in [0.3, 0.4) is 0 Å². The number of hydrogen-bond acceptors (Lipinski definition) is 1. The molecule has 0 amide bonds. The predicted octanol–water partition coefficient (Wildman–Crippen LogP) is 3.84. The van der Waals surface area contributed by atoms with Crippen LogP contribution in [0.5, 0.6) is 5.75 Å². The summed E-state index contributed by atoms with van der Waals surface area (Å²) >= 11 is 0. The van der Waals surface area contributed by atoms with E-state index < -0.39 is 11.7 Å². The van der Waals surface area contributed by atoms with Crippen LogP contribution < -0.4 is 4.74 Å². The molecule has 1 aromatic carbocycles. The fourth-order valence-electron chi connectivity index (χ4n) is 1.77. The van der Waals surface area contributed by atoms with E-state index >= 15 is 0 Å². The van der Waals surface area contributed by atoms with E-state index in [2.05, 4.69) is 6.42 Å². The summed E-state index contributed by atoms with van der Waals surface area (Å²) in [5.74, 6) is 0.301. The van der Waals surface area contributed by atoms with Gasteiger partial charge in [-0.3, -0.25) is 0 Å². The van der Waals surface area contributed by atoms with Gasteiger partial charge in [0.1, 0.15) is 5.75 Å². The van der Waals surface area contributed by atoms with Gasteiger partial charge in [0.2, 0.25) is 0 Å². The van der Waals surface area contributed by atoms with E-state index in [0.29, 0.717) is 5.75 Å². The highest BCUT2D eigenvalue weighted by Crippen LogP contribution is 2.32. The van der Waals surface area contributed by atoms with Crippen LogP contribution in [-0.4, -0.2) is 6.10 Å². The van der Waals surface area contributed by atoms with Crippen molar-refractivity contribution in [3.8, 4) is 5.75 Å². The molecule has 0 spiro atoms. The lowest BCUT2D eigenvalue weighted by molar-refractivity contribution is -0.137. The molecule has 16 heavy (non-hydrogen) atoms. The van der Waals surface area contributed by atoms with Crippen molar-refractivity contribution >= 4 is 0 Å². The average molecular weight is 229 g/mol. The Morgan fingerprint density at radius 3 is 2.69 bits per heavy atom. The van der Waals surface area contributed by atoms with Crippen LogP contribution in [0.15, 0.2) is 24.3 Å². The monoisotopic (exact) mass is 229 g/mol. The maximum absolute atomic E-state index is 12.4. The van der Waals surface area contributed by atoms with Gasteiger partial charge in [-0.1, -0.05) is 6.07 Å². The van der Waals surface area contributed by atoms with Crippen molar-refractivity contribution in [3.63, 3.8) is 0 Å². The maximum Gasteiger partial charge on any atom is 0.416 e. The molecule has 0 aliphatic heterocycles. The highest BCUT2D eigenvalue weighted by atomic mass is 19.4. The van der Waals surface area contributed by atoms with Crippen LogP contribution in [0.1, 0.15) is 24.8 Å². The first kappa shape index (κ1) is 11.3. The van der Waals surface area contributed by atoms with Crippen LogP contribution in [0.4, 0.5) is 13.2 Å². The second kappa shape index (κ2) is 4.36. The normalized spacial score (nSPS) is 17.7. The van der Waals surface area contributed by atoms with Gasteiger partial charge >= 0.3 is 6.18 Å². The minimum atomic E-state index is -4.30. The summed E-state index contributed by atoms with van der Waals surface area (Å²) in [6.07, 6.45) is 0.499. The van der Waals surface area contributed by atoms with E-state index in [9.17, 15) is 13.2 Å². The molecule has 0 heterocycles. The van der Waals surface area contributed by atoms with Gasteiger partial charge in [0, 0.05) is 0 Å². The molecule has 0 saturated heterocycles. The summed E-state index contributed by atoms with van der Waals surface area (Å²) in [5.41, 5.74) is -0.660. The lowest BCUT2D eigenvalue weighted by atomic mass is 10.2. The van der Waals surface area contributed by atoms with Gasteiger partial charge in [-0.2, -0.15) is 13.2 Å². The van der Waals surface area contributed by atoms with Crippen molar-refractivity contribution in [1.29, 1.82) is 0 Å². The Balaban J connectivity index is 2.09. The van der Waals surface area contributed by atoms with Crippen molar-refractivity contribution < 1.29 is 17.9 Å². The zero-order valence-corrected chi connectivity index (χ0v) is 8.63. The van der Waals surface area contributed by atoms with E-state index in [1.807, 2.05) is 0 Å². The van der Waals surface area contributed by atoms with Crippen LogP contribution in [-0.2, 0) is 6.18 Å². The summed E-state index contributed by atoms with van der Waals surface area (Å²) in [4.78, 5) is 0. The molecule has 1 unspecified atom stereocenters. The standard InChI is InChI=1S/C12H12F3O/c13-12(14,15)9-4-3-7-11(8-9)16-10-5-1-2-6-10/h1,3-4,7-8,10H,2,5-6H2. The molecule has 1 atom stereocenters. The Labute approximate surface area is 92.2 Å². The molecule has 1 aliphatic carbocycles. The zero-order chi connectivity index (χ0) is 11.6. The quantitative estimate of drug-likeness (QED) is 0.748. The fraction of sp³-hybridized carbons (Fsp3) is 0.417. The van der Waals surface area contributed by atoms with E-state index in [-0.39, 0.29) is 6.10 Å². The van der Waals surface area contributed by atoms with Gasteiger partial charge in [-0.25, -0.2) is 0 Å². The molecular formula is C12H12F3O. The molecule has 0 aromatic heterocycles. The minimum absolute atomic E-state index is 0.0310. The third-order valence-electron chi connectivity index (χ3n) is 2.59. The Morgan fingerprint density at radius 1 is 1.25 bits per heavy atom. The first-order valence-corrected chi connectivity index (χ1v) is 5.21. The highest BCUT2D eigenvalue weighted by Gasteiger charge is 2.30. The van der Waals surface area contributed by atoms with Gasteiger partial charge < -0.3 is 4.74 Å². The van der Waals surface area contributed by atoms with Crippen LogP contribution in [0.25, 0.3) is 0 Å². The lowest BCUT2D eigenvalue weighted by Gasteiger charge is -2.14. The Hall–Kier alpha value is -1.19. The van der Waals surface area contributed by atoms with Crippen LogP contribution in [0, 0.1) is 6.42 Å². The molecule has 1 radical (unpaired) electrons. The van der Waals surface area contributed by atoms with E-state index in [1.165, 1.54) is 6.07 Å². The highest BCUT2D eigenvalue weighted by molar-refractivity contribution is 5.30. The summed E-state index contributed by atoms with van der Waals surface area (Å²) in [6, 6.07) is 5.04. The molecule has 1 aliphatic rings. The van der Waals surface area contributed by atoms with Crippen molar-refractivity contribution in [1.82, 2.24) is 0 Å². The average Bonchev–Trinajstić information content (AvgIpc) is 2.70. The molecule has 1 fully saturated rings. The van der Waals surface area contributed by atoms with E-state index in [4.69, 9.17) is 4.74 Å². The molecule has 87 valence electrons. The topological polar surface area (TPSA) is 9.23 Å². The van der Waals surface area contributed by atoms with Crippen LogP contribution >= 0.6 is 0 Å². The second-order valence-electron chi connectivity index (χ2n) is 3.87. The Bertz CT molecular complexity index is 354. The molecule has 1 aromatic rings. The van der Waals surface area contributed by atoms with E-state index in [0.717, 1.165) is 31.4 Å². The first-order chi connectivity index (χ1) is 7.55. The SMILES string of the molecule is FC(F)(F)c1cccc(OC2C[CH]CC2)c1. The smallest absolute Gasteiger partial charge is 0.416 e. The number of hydrogen-bond donors (Lipinski definition) is 0. The molecule has 2 rings (SSSR count). The molecular weight excluding hydrogens is 217 g/mol. The summed E-state index contributed by atoms with van der Waals surface area (Å²) in [7, 11) is 0. The minimum Gasteiger partial charge on any atom is -0.490 e. The molecule has 4 heteroatoms. The van der Waals surface area contributed by atoms with Crippen molar-refractivity contribution in [2.24, 2.45) is 0 Å². The largest absolute Gasteiger partial charge is 0.490 e. The number of benzene rings is 1. The van der Waals surface area contributed by atoms with Crippen molar-refractivity contribution in [2.75, 3.05) is 0 Å². The first-order valence-electron chi connectivity index (χ1n) is 5.21. The molecule has 0 N–H and O–H groups in total. The van der Waals surface area contributed by atoms with Gasteiger partial charge in [0.15, 0.2) is 0 Å².